The molecule has 0 amide bonds. The lowest BCUT2D eigenvalue weighted by atomic mass is 10.1. The van der Waals surface area contributed by atoms with Gasteiger partial charge in [0.2, 0.25) is 10.0 Å². The van der Waals surface area contributed by atoms with Gasteiger partial charge < -0.3 is 0 Å². The Hall–Kier alpha value is -0.880. The molecule has 0 unspecified atom stereocenters. The summed E-state index contributed by atoms with van der Waals surface area (Å²) in [4.78, 5) is 0.217. The maximum Gasteiger partial charge on any atom is 0.242 e. The number of sulfonamides is 1. The Kier molecular flexibility index (Phi) is 4.86. The summed E-state index contributed by atoms with van der Waals surface area (Å²) in [6.07, 6.45) is 0. The van der Waals surface area contributed by atoms with Crippen LogP contribution in [-0.2, 0) is 10.0 Å². The Balaban J connectivity index is 2.27. The van der Waals surface area contributed by atoms with Gasteiger partial charge >= 0.3 is 0 Å². The van der Waals surface area contributed by atoms with E-state index in [0.29, 0.717) is 9.50 Å². The topological polar surface area (TPSA) is 46.2 Å². The van der Waals surface area contributed by atoms with E-state index in [1.165, 1.54) is 0 Å². The van der Waals surface area contributed by atoms with Crippen molar-refractivity contribution in [1.29, 1.82) is 0 Å². The van der Waals surface area contributed by atoms with E-state index in [4.69, 9.17) is 11.6 Å². The Morgan fingerprint density at radius 1 is 1.15 bits per heavy atom. The molecule has 0 aromatic heterocycles. The Morgan fingerprint density at radius 3 is 2.50 bits per heavy atom. The molecule has 0 fully saturated rings. The van der Waals surface area contributed by atoms with Gasteiger partial charge in [-0.05, 0) is 52.7 Å². The van der Waals surface area contributed by atoms with Crippen molar-refractivity contribution in [2.75, 3.05) is 0 Å². The third-order valence-corrected chi connectivity index (χ3v) is 5.59. The first-order valence-corrected chi connectivity index (χ1v) is 8.58. The van der Waals surface area contributed by atoms with E-state index in [2.05, 4.69) is 20.7 Å². The molecule has 2 rings (SSSR count). The molecule has 1 N–H and O–H groups in total. The first-order chi connectivity index (χ1) is 9.40. The van der Waals surface area contributed by atoms with Crippen LogP contribution >= 0.6 is 27.5 Å². The standard InChI is InChI=1S/C14H13BrClNO2S/c1-10(11-5-4-6-12(16)9-11)17-20(18,19)14-8-3-2-7-13(14)15/h2-10,17H,1H3/t10-/m0/s1. The van der Waals surface area contributed by atoms with Crippen molar-refractivity contribution in [2.45, 2.75) is 17.9 Å². The Morgan fingerprint density at radius 2 is 1.85 bits per heavy atom. The molecular weight excluding hydrogens is 362 g/mol. The molecule has 2 aromatic rings. The van der Waals surface area contributed by atoms with Gasteiger partial charge in [0.15, 0.2) is 0 Å². The highest BCUT2D eigenvalue weighted by molar-refractivity contribution is 9.10. The maximum atomic E-state index is 12.3. The number of hydrogen-bond acceptors (Lipinski definition) is 2. The quantitative estimate of drug-likeness (QED) is 0.874. The van der Waals surface area contributed by atoms with Crippen LogP contribution in [0.5, 0.6) is 0 Å². The molecule has 106 valence electrons. The second-order valence-electron chi connectivity index (χ2n) is 4.33. The molecule has 6 heteroatoms. The molecule has 3 nitrogen and oxygen atoms in total. The van der Waals surface area contributed by atoms with Crippen molar-refractivity contribution >= 4 is 37.6 Å². The first kappa shape index (κ1) is 15.5. The summed E-state index contributed by atoms with van der Waals surface area (Å²) in [6, 6.07) is 13.4. The highest BCUT2D eigenvalue weighted by Gasteiger charge is 2.20. The molecule has 0 aliphatic carbocycles. The van der Waals surface area contributed by atoms with Gasteiger partial charge in [0, 0.05) is 15.5 Å². The predicted molar refractivity (Wildman–Crippen MR) is 84.3 cm³/mol. The van der Waals surface area contributed by atoms with Crippen molar-refractivity contribution in [2.24, 2.45) is 0 Å². The van der Waals surface area contributed by atoms with Crippen LogP contribution in [0.1, 0.15) is 18.5 Å². The van der Waals surface area contributed by atoms with Gasteiger partial charge in [-0.15, -0.1) is 0 Å². The lowest BCUT2D eigenvalue weighted by molar-refractivity contribution is 0.566. The highest BCUT2D eigenvalue weighted by atomic mass is 79.9. The first-order valence-electron chi connectivity index (χ1n) is 5.92. The average molecular weight is 375 g/mol. The van der Waals surface area contributed by atoms with Crippen LogP contribution in [0.4, 0.5) is 0 Å². The van der Waals surface area contributed by atoms with Crippen molar-refractivity contribution < 1.29 is 8.42 Å². The van der Waals surface area contributed by atoms with E-state index in [1.807, 2.05) is 6.07 Å². The summed E-state index contributed by atoms with van der Waals surface area (Å²) in [6.45, 7) is 1.78. The molecule has 0 radical (unpaired) electrons. The largest absolute Gasteiger partial charge is 0.242 e. The molecule has 0 aliphatic heterocycles. The molecule has 0 heterocycles. The summed E-state index contributed by atoms with van der Waals surface area (Å²) in [5.41, 5.74) is 0.813. The molecule has 20 heavy (non-hydrogen) atoms. The van der Waals surface area contributed by atoms with Gasteiger partial charge in [0.05, 0.1) is 4.90 Å². The second-order valence-corrected chi connectivity index (χ2v) is 7.30. The van der Waals surface area contributed by atoms with Crippen LogP contribution in [0.2, 0.25) is 5.02 Å². The zero-order chi connectivity index (χ0) is 14.8. The van der Waals surface area contributed by atoms with Gasteiger partial charge in [-0.2, -0.15) is 0 Å². The third-order valence-electron chi connectivity index (χ3n) is 2.81. The highest BCUT2D eigenvalue weighted by Crippen LogP contribution is 2.24. The van der Waals surface area contributed by atoms with Gasteiger partial charge in [0.1, 0.15) is 0 Å². The van der Waals surface area contributed by atoms with Crippen molar-refractivity contribution in [3.05, 3.63) is 63.6 Å². The van der Waals surface area contributed by atoms with Gasteiger partial charge in [-0.25, -0.2) is 13.1 Å². The van der Waals surface area contributed by atoms with Crippen molar-refractivity contribution in [3.63, 3.8) is 0 Å². The average Bonchev–Trinajstić information content (AvgIpc) is 2.38. The summed E-state index contributed by atoms with van der Waals surface area (Å²) in [5, 5.41) is 0.578. The molecule has 0 saturated carbocycles. The van der Waals surface area contributed by atoms with Crippen molar-refractivity contribution in [3.8, 4) is 0 Å². The number of benzene rings is 2. The predicted octanol–water partition coefficient (Wildman–Crippen LogP) is 4.14. The fraction of sp³-hybridized carbons (Fsp3) is 0.143. The van der Waals surface area contributed by atoms with Gasteiger partial charge in [-0.3, -0.25) is 0 Å². The molecule has 0 spiro atoms. The zero-order valence-corrected chi connectivity index (χ0v) is 13.8. The second kappa shape index (κ2) is 6.26. The van der Waals surface area contributed by atoms with Crippen LogP contribution in [-0.4, -0.2) is 8.42 Å². The molecule has 1 atom stereocenters. The van der Waals surface area contributed by atoms with Gasteiger partial charge in [-0.1, -0.05) is 35.9 Å². The smallest absolute Gasteiger partial charge is 0.207 e. The Bertz CT molecular complexity index is 719. The fourth-order valence-electron chi connectivity index (χ4n) is 1.80. The minimum atomic E-state index is -3.59. The molecule has 0 saturated heterocycles. The molecular formula is C14H13BrClNO2S. The normalized spacial score (nSPS) is 13.2. The summed E-state index contributed by atoms with van der Waals surface area (Å²) >= 11 is 9.17. The van der Waals surface area contributed by atoms with E-state index < -0.39 is 10.0 Å². The lowest BCUT2D eigenvalue weighted by Crippen LogP contribution is -2.27. The van der Waals surface area contributed by atoms with E-state index in [0.717, 1.165) is 5.56 Å². The van der Waals surface area contributed by atoms with Gasteiger partial charge in [0.25, 0.3) is 0 Å². The van der Waals surface area contributed by atoms with E-state index >= 15 is 0 Å². The molecule has 0 bridgehead atoms. The SMILES string of the molecule is C[C@H](NS(=O)(=O)c1ccccc1Br)c1cccc(Cl)c1. The van der Waals surface area contributed by atoms with Crippen LogP contribution in [0.15, 0.2) is 57.9 Å². The van der Waals surface area contributed by atoms with E-state index in [9.17, 15) is 8.42 Å². The number of halogens is 2. The number of hydrogen-bond donors (Lipinski definition) is 1. The van der Waals surface area contributed by atoms with Crippen molar-refractivity contribution in [1.82, 2.24) is 4.72 Å². The molecule has 2 aromatic carbocycles. The summed E-state index contributed by atoms with van der Waals surface area (Å²) in [5.74, 6) is 0. The summed E-state index contributed by atoms with van der Waals surface area (Å²) < 4.78 is 27.9. The minimum Gasteiger partial charge on any atom is -0.207 e. The lowest BCUT2D eigenvalue weighted by Gasteiger charge is -2.15. The third kappa shape index (κ3) is 3.61. The number of rotatable bonds is 4. The monoisotopic (exact) mass is 373 g/mol. The van der Waals surface area contributed by atoms with Crippen LogP contribution in [0.25, 0.3) is 0 Å². The maximum absolute atomic E-state index is 12.3. The molecule has 0 aliphatic rings. The fourth-order valence-corrected chi connectivity index (χ4v) is 4.24. The minimum absolute atomic E-state index is 0.217. The van der Waals surface area contributed by atoms with E-state index in [1.54, 1.807) is 49.4 Å². The summed E-state index contributed by atoms with van der Waals surface area (Å²) in [7, 11) is -3.59. The van der Waals surface area contributed by atoms with Crippen LogP contribution < -0.4 is 4.72 Å². The number of nitrogens with one attached hydrogen (secondary N) is 1. The van der Waals surface area contributed by atoms with E-state index in [-0.39, 0.29) is 10.9 Å². The Labute approximate surface area is 132 Å². The van der Waals surface area contributed by atoms with Crippen LogP contribution in [0, 0.1) is 0 Å². The zero-order valence-electron chi connectivity index (χ0n) is 10.7. The van der Waals surface area contributed by atoms with Crippen LogP contribution in [0.3, 0.4) is 0 Å².